The molecule has 1 aliphatic rings. The van der Waals surface area contributed by atoms with E-state index in [0.29, 0.717) is 5.92 Å². The van der Waals surface area contributed by atoms with Gasteiger partial charge in [-0.15, -0.1) is 0 Å². The molecule has 1 atom stereocenters. The highest BCUT2D eigenvalue weighted by molar-refractivity contribution is 4.93. The average Bonchev–Trinajstić information content (AvgIpc) is 2.43. The Labute approximate surface area is 77.7 Å². The van der Waals surface area contributed by atoms with Gasteiger partial charge in [-0.05, 0) is 39.3 Å². The topological polar surface area (TPSA) is 51.0 Å². The molecule has 1 fully saturated rings. The van der Waals surface area contributed by atoms with E-state index in [1.165, 1.54) is 6.42 Å². The van der Waals surface area contributed by atoms with Crippen LogP contribution >= 0.6 is 0 Å². The number of aromatic nitrogens is 2. The number of hydrogen-bond acceptors (Lipinski definition) is 4. The summed E-state index contributed by atoms with van der Waals surface area (Å²) in [4.78, 5) is 4.27. The van der Waals surface area contributed by atoms with E-state index in [2.05, 4.69) is 15.5 Å². The van der Waals surface area contributed by atoms with Crippen LogP contribution in [0.3, 0.4) is 0 Å². The average molecular weight is 181 g/mol. The zero-order valence-electron chi connectivity index (χ0n) is 7.92. The van der Waals surface area contributed by atoms with Gasteiger partial charge in [-0.3, -0.25) is 0 Å². The minimum atomic E-state index is 0.469. The standard InChI is InChI=1S/C9H15N3O/c1-7-11-9(13-12-7)8-3-2-5-10-6-4-8/h8,10H,2-6H2,1H3/t8-/m0/s1. The molecule has 0 bridgehead atoms. The zero-order valence-corrected chi connectivity index (χ0v) is 7.92. The maximum absolute atomic E-state index is 5.17. The maximum Gasteiger partial charge on any atom is 0.229 e. The van der Waals surface area contributed by atoms with Crippen molar-refractivity contribution >= 4 is 0 Å². The maximum atomic E-state index is 5.17. The minimum Gasteiger partial charge on any atom is -0.339 e. The normalized spacial score (nSPS) is 24.2. The third-order valence-corrected chi connectivity index (χ3v) is 2.47. The summed E-state index contributed by atoms with van der Waals surface area (Å²) in [6, 6.07) is 0. The Hall–Kier alpha value is -0.900. The predicted octanol–water partition coefficient (Wildman–Crippen LogP) is 1.24. The number of nitrogens with one attached hydrogen (secondary N) is 1. The van der Waals surface area contributed by atoms with Crippen molar-refractivity contribution in [3.8, 4) is 0 Å². The van der Waals surface area contributed by atoms with E-state index in [0.717, 1.165) is 37.6 Å². The summed E-state index contributed by atoms with van der Waals surface area (Å²) in [5.41, 5.74) is 0. The lowest BCUT2D eigenvalue weighted by molar-refractivity contribution is 0.340. The van der Waals surface area contributed by atoms with Gasteiger partial charge in [0.05, 0.1) is 0 Å². The van der Waals surface area contributed by atoms with Crippen LogP contribution in [-0.2, 0) is 0 Å². The molecule has 1 saturated heterocycles. The molecule has 1 aliphatic heterocycles. The summed E-state index contributed by atoms with van der Waals surface area (Å²) in [7, 11) is 0. The lowest BCUT2D eigenvalue weighted by Crippen LogP contribution is -2.13. The third-order valence-electron chi connectivity index (χ3n) is 2.47. The molecule has 0 radical (unpaired) electrons. The predicted molar refractivity (Wildman–Crippen MR) is 48.5 cm³/mol. The first-order valence-electron chi connectivity index (χ1n) is 4.87. The lowest BCUT2D eigenvalue weighted by Gasteiger charge is -2.06. The molecule has 2 rings (SSSR count). The summed E-state index contributed by atoms with van der Waals surface area (Å²) in [5.74, 6) is 2.03. The van der Waals surface area contributed by atoms with Crippen LogP contribution in [0.15, 0.2) is 4.52 Å². The second-order valence-electron chi connectivity index (χ2n) is 3.56. The lowest BCUT2D eigenvalue weighted by atomic mass is 10.0. The Balaban J connectivity index is 2.06. The van der Waals surface area contributed by atoms with Crippen molar-refractivity contribution in [3.63, 3.8) is 0 Å². The SMILES string of the molecule is Cc1noc([C@H]2CCCNCC2)n1. The van der Waals surface area contributed by atoms with Crippen LogP contribution in [0.5, 0.6) is 0 Å². The van der Waals surface area contributed by atoms with E-state index in [1.807, 2.05) is 6.92 Å². The molecule has 72 valence electrons. The van der Waals surface area contributed by atoms with Gasteiger partial charge in [-0.25, -0.2) is 0 Å². The van der Waals surface area contributed by atoms with Crippen molar-refractivity contribution in [2.24, 2.45) is 0 Å². The zero-order chi connectivity index (χ0) is 9.10. The Morgan fingerprint density at radius 3 is 3.08 bits per heavy atom. The van der Waals surface area contributed by atoms with Gasteiger partial charge in [0.15, 0.2) is 5.82 Å². The van der Waals surface area contributed by atoms with E-state index < -0.39 is 0 Å². The first-order valence-corrected chi connectivity index (χ1v) is 4.87. The minimum absolute atomic E-state index is 0.469. The molecule has 0 aromatic carbocycles. The summed E-state index contributed by atoms with van der Waals surface area (Å²) in [5, 5.41) is 7.18. The monoisotopic (exact) mass is 181 g/mol. The number of aryl methyl sites for hydroxylation is 1. The Morgan fingerprint density at radius 2 is 2.31 bits per heavy atom. The molecule has 4 heteroatoms. The Kier molecular flexibility index (Phi) is 2.59. The highest BCUT2D eigenvalue weighted by atomic mass is 16.5. The van der Waals surface area contributed by atoms with E-state index in [1.54, 1.807) is 0 Å². The van der Waals surface area contributed by atoms with Gasteiger partial charge in [0.1, 0.15) is 0 Å². The van der Waals surface area contributed by atoms with Gasteiger partial charge in [-0.1, -0.05) is 5.16 Å². The van der Waals surface area contributed by atoms with Gasteiger partial charge >= 0.3 is 0 Å². The molecule has 0 saturated carbocycles. The fourth-order valence-electron chi connectivity index (χ4n) is 1.74. The molecule has 1 aromatic rings. The van der Waals surface area contributed by atoms with Crippen molar-refractivity contribution in [3.05, 3.63) is 11.7 Å². The van der Waals surface area contributed by atoms with Gasteiger partial charge in [-0.2, -0.15) is 4.98 Å². The molecule has 0 spiro atoms. The molecular weight excluding hydrogens is 166 g/mol. The van der Waals surface area contributed by atoms with E-state index in [9.17, 15) is 0 Å². The first kappa shape index (κ1) is 8.69. The molecular formula is C9H15N3O. The fourth-order valence-corrected chi connectivity index (χ4v) is 1.74. The third kappa shape index (κ3) is 2.06. The van der Waals surface area contributed by atoms with Gasteiger partial charge in [0.25, 0.3) is 0 Å². The number of rotatable bonds is 1. The van der Waals surface area contributed by atoms with Crippen molar-refractivity contribution in [1.29, 1.82) is 0 Å². The van der Waals surface area contributed by atoms with Gasteiger partial charge < -0.3 is 9.84 Å². The van der Waals surface area contributed by atoms with Gasteiger partial charge in [0, 0.05) is 5.92 Å². The van der Waals surface area contributed by atoms with E-state index >= 15 is 0 Å². The molecule has 0 amide bonds. The molecule has 0 aliphatic carbocycles. The van der Waals surface area contributed by atoms with Crippen LogP contribution < -0.4 is 5.32 Å². The summed E-state index contributed by atoms with van der Waals surface area (Å²) >= 11 is 0. The summed E-state index contributed by atoms with van der Waals surface area (Å²) < 4.78 is 5.17. The second kappa shape index (κ2) is 3.87. The number of nitrogens with zero attached hydrogens (tertiary/aromatic N) is 2. The van der Waals surface area contributed by atoms with E-state index in [-0.39, 0.29) is 0 Å². The smallest absolute Gasteiger partial charge is 0.229 e. The summed E-state index contributed by atoms with van der Waals surface area (Å²) in [6.45, 7) is 4.04. The summed E-state index contributed by atoms with van der Waals surface area (Å²) in [6.07, 6.45) is 3.47. The van der Waals surface area contributed by atoms with Crippen molar-refractivity contribution < 1.29 is 4.52 Å². The van der Waals surface area contributed by atoms with Crippen molar-refractivity contribution in [2.75, 3.05) is 13.1 Å². The molecule has 1 N–H and O–H groups in total. The first-order chi connectivity index (χ1) is 6.36. The largest absolute Gasteiger partial charge is 0.339 e. The highest BCUT2D eigenvalue weighted by Gasteiger charge is 2.19. The number of hydrogen-bond donors (Lipinski definition) is 1. The van der Waals surface area contributed by atoms with Crippen molar-refractivity contribution in [2.45, 2.75) is 32.1 Å². The van der Waals surface area contributed by atoms with Crippen LogP contribution in [0.1, 0.15) is 36.9 Å². The highest BCUT2D eigenvalue weighted by Crippen LogP contribution is 2.24. The van der Waals surface area contributed by atoms with Crippen LogP contribution in [-0.4, -0.2) is 23.2 Å². The van der Waals surface area contributed by atoms with Crippen LogP contribution in [0.2, 0.25) is 0 Å². The van der Waals surface area contributed by atoms with Gasteiger partial charge in [0.2, 0.25) is 5.89 Å². The molecule has 2 heterocycles. The molecule has 13 heavy (non-hydrogen) atoms. The Bertz CT molecular complexity index is 264. The van der Waals surface area contributed by atoms with Crippen LogP contribution in [0.4, 0.5) is 0 Å². The van der Waals surface area contributed by atoms with Crippen LogP contribution in [0, 0.1) is 6.92 Å². The van der Waals surface area contributed by atoms with E-state index in [4.69, 9.17) is 4.52 Å². The van der Waals surface area contributed by atoms with Crippen LogP contribution in [0.25, 0.3) is 0 Å². The molecule has 0 unspecified atom stereocenters. The molecule has 4 nitrogen and oxygen atoms in total. The Morgan fingerprint density at radius 1 is 1.38 bits per heavy atom. The molecule has 1 aromatic heterocycles. The second-order valence-corrected chi connectivity index (χ2v) is 3.56. The quantitative estimate of drug-likeness (QED) is 0.708. The fraction of sp³-hybridized carbons (Fsp3) is 0.778. The van der Waals surface area contributed by atoms with Crippen molar-refractivity contribution in [1.82, 2.24) is 15.5 Å².